The van der Waals surface area contributed by atoms with Gasteiger partial charge in [-0.3, -0.25) is 4.79 Å². The summed E-state index contributed by atoms with van der Waals surface area (Å²) < 4.78 is 0. The topological polar surface area (TPSA) is 65.1 Å². The molecule has 5 heterocycles. The Morgan fingerprint density at radius 1 is 1.26 bits per heavy atom. The largest absolute Gasteiger partial charge is 0.356 e. The fraction of sp³-hybridized carbons (Fsp3) is 0.450. The first-order chi connectivity index (χ1) is 13.3. The van der Waals surface area contributed by atoms with Crippen molar-refractivity contribution in [3.05, 3.63) is 41.0 Å². The van der Waals surface area contributed by atoms with E-state index in [-0.39, 0.29) is 0 Å². The quantitative estimate of drug-likeness (QED) is 0.754. The van der Waals surface area contributed by atoms with Crippen LogP contribution in [-0.2, 0) is 11.2 Å². The summed E-state index contributed by atoms with van der Waals surface area (Å²) in [6.07, 6.45) is 7.18. The third-order valence-corrected chi connectivity index (χ3v) is 6.89. The molecule has 0 saturated carbocycles. The summed E-state index contributed by atoms with van der Waals surface area (Å²) in [6, 6.07) is 6.67. The number of carbonyl (C=O) groups is 1. The van der Waals surface area contributed by atoms with Gasteiger partial charge in [-0.1, -0.05) is 6.07 Å². The molecule has 3 aromatic heterocycles. The summed E-state index contributed by atoms with van der Waals surface area (Å²) in [4.78, 5) is 30.5. The van der Waals surface area contributed by atoms with E-state index in [1.165, 1.54) is 4.88 Å². The van der Waals surface area contributed by atoms with Gasteiger partial charge in [0.1, 0.15) is 17.8 Å². The van der Waals surface area contributed by atoms with Gasteiger partial charge in [-0.05, 0) is 42.7 Å². The van der Waals surface area contributed by atoms with Gasteiger partial charge in [0.15, 0.2) is 0 Å². The predicted molar refractivity (Wildman–Crippen MR) is 107 cm³/mol. The van der Waals surface area contributed by atoms with Crippen molar-refractivity contribution in [2.45, 2.75) is 31.7 Å². The lowest BCUT2D eigenvalue weighted by Crippen LogP contribution is -2.56. The molecule has 0 spiro atoms. The third kappa shape index (κ3) is 3.10. The minimum Gasteiger partial charge on any atom is -0.356 e. The number of thiophene rings is 1. The smallest absolute Gasteiger partial charge is 0.222 e. The van der Waals surface area contributed by atoms with Crippen LogP contribution in [0.25, 0.3) is 11.0 Å². The molecular formula is C20H23N5OS. The summed E-state index contributed by atoms with van der Waals surface area (Å²) in [5.74, 6) is 1.86. The maximum atomic E-state index is 12.6. The van der Waals surface area contributed by atoms with E-state index in [0.717, 1.165) is 55.7 Å². The van der Waals surface area contributed by atoms with Crippen LogP contribution in [0.2, 0.25) is 0 Å². The van der Waals surface area contributed by atoms with Gasteiger partial charge in [-0.25, -0.2) is 9.97 Å². The van der Waals surface area contributed by atoms with Crippen LogP contribution >= 0.6 is 11.3 Å². The molecule has 3 aromatic rings. The van der Waals surface area contributed by atoms with Crippen LogP contribution in [0.3, 0.4) is 0 Å². The summed E-state index contributed by atoms with van der Waals surface area (Å²) in [5, 5.41) is 3.19. The Morgan fingerprint density at radius 3 is 3.11 bits per heavy atom. The van der Waals surface area contributed by atoms with Crippen LogP contribution in [-0.4, -0.2) is 51.4 Å². The lowest BCUT2D eigenvalue weighted by Gasteiger charge is -2.47. The Kier molecular flexibility index (Phi) is 4.32. The first kappa shape index (κ1) is 16.7. The number of hydrogen-bond acceptors (Lipinski definition) is 5. The second-order valence-corrected chi connectivity index (χ2v) is 8.49. The van der Waals surface area contributed by atoms with Gasteiger partial charge in [-0.15, -0.1) is 11.3 Å². The Balaban J connectivity index is 1.32. The molecule has 0 radical (unpaired) electrons. The van der Waals surface area contributed by atoms with E-state index in [1.807, 2.05) is 6.20 Å². The molecule has 27 heavy (non-hydrogen) atoms. The van der Waals surface area contributed by atoms with Crippen LogP contribution < -0.4 is 4.90 Å². The fourth-order valence-corrected chi connectivity index (χ4v) is 5.33. The molecule has 1 amide bonds. The van der Waals surface area contributed by atoms with Crippen molar-refractivity contribution in [1.29, 1.82) is 0 Å². The Morgan fingerprint density at radius 2 is 2.22 bits per heavy atom. The summed E-state index contributed by atoms with van der Waals surface area (Å²) in [7, 11) is 0. The van der Waals surface area contributed by atoms with Crippen molar-refractivity contribution in [3.8, 4) is 0 Å². The molecule has 2 saturated heterocycles. The minimum atomic E-state index is 0.330. The van der Waals surface area contributed by atoms with Crippen molar-refractivity contribution in [2.24, 2.45) is 5.92 Å². The van der Waals surface area contributed by atoms with Crippen LogP contribution in [0.1, 0.15) is 24.1 Å². The molecular weight excluding hydrogens is 358 g/mol. The van der Waals surface area contributed by atoms with E-state index in [1.54, 1.807) is 17.7 Å². The number of piperidine rings is 2. The van der Waals surface area contributed by atoms with E-state index in [0.29, 0.717) is 24.3 Å². The number of nitrogens with one attached hydrogen (secondary N) is 1. The lowest BCUT2D eigenvalue weighted by atomic mass is 9.83. The van der Waals surface area contributed by atoms with Crippen LogP contribution in [0, 0.1) is 5.92 Å². The van der Waals surface area contributed by atoms with Gasteiger partial charge in [0.25, 0.3) is 0 Å². The highest BCUT2D eigenvalue weighted by Gasteiger charge is 2.39. The summed E-state index contributed by atoms with van der Waals surface area (Å²) >= 11 is 1.78. The number of likely N-dealkylation sites (tertiary alicyclic amines) is 1. The van der Waals surface area contributed by atoms with E-state index < -0.39 is 0 Å². The number of nitrogens with zero attached hydrogens (tertiary/aromatic N) is 4. The van der Waals surface area contributed by atoms with Crippen molar-refractivity contribution in [2.75, 3.05) is 24.5 Å². The third-order valence-electron chi connectivity index (χ3n) is 5.96. The highest BCUT2D eigenvalue weighted by molar-refractivity contribution is 7.09. The molecule has 0 aliphatic carbocycles. The highest BCUT2D eigenvalue weighted by Crippen LogP contribution is 2.34. The molecule has 2 atom stereocenters. The molecule has 140 valence electrons. The molecule has 1 N–H and O–H groups in total. The highest BCUT2D eigenvalue weighted by atomic mass is 32.1. The van der Waals surface area contributed by atoms with Crippen molar-refractivity contribution >= 4 is 34.1 Å². The molecule has 0 aromatic carbocycles. The average molecular weight is 382 g/mol. The predicted octanol–water partition coefficient (Wildman–Crippen LogP) is 3.08. The number of fused-ring (bicyclic) bond motifs is 2. The first-order valence-corrected chi connectivity index (χ1v) is 10.5. The number of rotatable bonds is 4. The number of anilines is 1. The Labute approximate surface area is 162 Å². The number of aromatic nitrogens is 3. The van der Waals surface area contributed by atoms with Crippen molar-refractivity contribution < 1.29 is 4.79 Å². The van der Waals surface area contributed by atoms with Gasteiger partial charge in [-0.2, -0.15) is 0 Å². The van der Waals surface area contributed by atoms with E-state index in [9.17, 15) is 4.79 Å². The number of hydrogen-bond donors (Lipinski definition) is 1. The molecule has 2 aliphatic rings. The second kappa shape index (κ2) is 6.96. The van der Waals surface area contributed by atoms with Crippen LogP contribution in [0.15, 0.2) is 36.1 Å². The zero-order chi connectivity index (χ0) is 18.2. The number of carbonyl (C=O) groups excluding carboxylic acids is 1. The number of H-pyrrole nitrogens is 1. The Bertz CT molecular complexity index is 937. The standard InChI is InChI=1S/C20H23N5OS/c26-18-4-3-14-12-24(20-16-5-8-21-19(16)22-13-23-20)9-7-17(14)25(18)10-6-15-2-1-11-27-15/h1-2,5,8,11,13-14,17H,3-4,6-7,9-10,12H2,(H,21,22,23)/t14-,17+/m0/s1. The van der Waals surface area contributed by atoms with Gasteiger partial charge in [0.2, 0.25) is 5.91 Å². The van der Waals surface area contributed by atoms with Crippen LogP contribution in [0.5, 0.6) is 0 Å². The van der Waals surface area contributed by atoms with Crippen LogP contribution in [0.4, 0.5) is 5.82 Å². The summed E-state index contributed by atoms with van der Waals surface area (Å²) in [5.41, 5.74) is 0.888. The van der Waals surface area contributed by atoms with E-state index in [4.69, 9.17) is 0 Å². The van der Waals surface area contributed by atoms with Gasteiger partial charge in [0.05, 0.1) is 5.39 Å². The first-order valence-electron chi connectivity index (χ1n) is 9.64. The molecule has 0 bridgehead atoms. The fourth-order valence-electron chi connectivity index (χ4n) is 4.63. The van der Waals surface area contributed by atoms with Gasteiger partial charge in [0, 0.05) is 43.2 Å². The monoisotopic (exact) mass is 381 g/mol. The maximum Gasteiger partial charge on any atom is 0.222 e. The van der Waals surface area contributed by atoms with Crippen molar-refractivity contribution in [1.82, 2.24) is 19.9 Å². The van der Waals surface area contributed by atoms with E-state index in [2.05, 4.69) is 48.3 Å². The zero-order valence-electron chi connectivity index (χ0n) is 15.2. The van der Waals surface area contributed by atoms with Gasteiger partial charge < -0.3 is 14.8 Å². The van der Waals surface area contributed by atoms with Gasteiger partial charge >= 0.3 is 0 Å². The average Bonchev–Trinajstić information content (AvgIpc) is 3.38. The van der Waals surface area contributed by atoms with Crippen molar-refractivity contribution in [3.63, 3.8) is 0 Å². The second-order valence-electron chi connectivity index (χ2n) is 7.45. The zero-order valence-corrected chi connectivity index (χ0v) is 16.0. The molecule has 0 unspecified atom stereocenters. The normalized spacial score (nSPS) is 23.0. The minimum absolute atomic E-state index is 0.330. The molecule has 5 rings (SSSR count). The SMILES string of the molecule is O=C1CC[C@H]2CN(c3ncnc4[nH]ccc34)CC[C@H]2N1CCc1cccs1. The molecule has 7 heteroatoms. The number of amides is 1. The molecule has 2 fully saturated rings. The molecule has 6 nitrogen and oxygen atoms in total. The molecule has 2 aliphatic heterocycles. The van der Waals surface area contributed by atoms with E-state index >= 15 is 0 Å². The number of aromatic amines is 1. The summed E-state index contributed by atoms with van der Waals surface area (Å²) in [6.45, 7) is 2.74. The maximum absolute atomic E-state index is 12.6. The Hall–Kier alpha value is -2.41. The lowest BCUT2D eigenvalue weighted by molar-refractivity contribution is -0.139.